The first-order valence-electron chi connectivity index (χ1n) is 12.2. The Labute approximate surface area is 202 Å². The van der Waals surface area contributed by atoms with Gasteiger partial charge in [-0.05, 0) is 42.7 Å². The molecular formula is C28H37NO5. The van der Waals surface area contributed by atoms with E-state index in [4.69, 9.17) is 9.47 Å². The van der Waals surface area contributed by atoms with Crippen LogP contribution in [0.3, 0.4) is 0 Å². The number of carbonyl (C=O) groups is 2. The number of hydrogen-bond acceptors (Lipinski definition) is 5. The van der Waals surface area contributed by atoms with Crippen molar-refractivity contribution in [3.05, 3.63) is 71.2 Å². The smallest absolute Gasteiger partial charge is 0.415 e. The number of cyclic esters (lactones) is 1. The average Bonchev–Trinajstić information content (AvgIpc) is 2.80. The normalized spacial score (nSPS) is 22.5. The topological polar surface area (TPSA) is 76.1 Å². The fraction of sp³-hybridized carbons (Fsp3) is 0.500. The monoisotopic (exact) mass is 467 g/mol. The van der Waals surface area contributed by atoms with Gasteiger partial charge in [-0.3, -0.25) is 4.90 Å². The zero-order valence-corrected chi connectivity index (χ0v) is 21.0. The molecule has 1 aliphatic carbocycles. The zero-order chi connectivity index (χ0) is 24.9. The molecule has 1 heterocycles. The number of ether oxygens (including phenoxy) is 2. The molecule has 1 amide bonds. The summed E-state index contributed by atoms with van der Waals surface area (Å²) < 4.78 is 11.5. The molecule has 1 aromatic carbocycles. The lowest BCUT2D eigenvalue weighted by atomic mass is 9.83. The number of hydrogen-bond donors (Lipinski definition) is 1. The third-order valence-corrected chi connectivity index (χ3v) is 6.03. The fourth-order valence-corrected chi connectivity index (χ4v) is 4.55. The van der Waals surface area contributed by atoms with Gasteiger partial charge in [-0.15, -0.1) is 0 Å². The highest BCUT2D eigenvalue weighted by molar-refractivity contribution is 5.83. The molecule has 2 aliphatic rings. The molecule has 184 valence electrons. The number of esters is 1. The van der Waals surface area contributed by atoms with E-state index in [9.17, 15) is 14.7 Å². The van der Waals surface area contributed by atoms with Gasteiger partial charge in [0.25, 0.3) is 6.10 Å². The Bertz CT molecular complexity index is 1000. The molecule has 0 saturated heterocycles. The standard InChI is InChI=1S/C28H37NO5/c1-6-17-28(22-16-12-11-13-20(22)7-2)18-23(30)24(25(31)34-28)33-26(32)29(19-27(3,4)5)21-14-9-8-10-15-21/h8-9,11-14,16,18,24,30H,6-7,10,15,17,19H2,1-5H3. The molecule has 0 saturated carbocycles. The Morgan fingerprint density at radius 3 is 2.59 bits per heavy atom. The highest BCUT2D eigenvalue weighted by Crippen LogP contribution is 2.40. The molecule has 0 fully saturated rings. The highest BCUT2D eigenvalue weighted by atomic mass is 16.6. The second-order valence-electron chi connectivity index (χ2n) is 10.2. The SMILES string of the molecule is CCCC1(c2ccccc2CC)C=C(O)C(OC(=O)N(CC(C)(C)C)C2=CC=CCC2)C(=O)O1. The lowest BCUT2D eigenvalue weighted by Gasteiger charge is -2.38. The number of carbonyl (C=O) groups excluding carboxylic acids is 2. The van der Waals surface area contributed by atoms with Crippen LogP contribution in [0.1, 0.15) is 71.4 Å². The maximum absolute atomic E-state index is 13.2. The average molecular weight is 468 g/mol. The first-order chi connectivity index (χ1) is 16.1. The van der Waals surface area contributed by atoms with Crippen molar-refractivity contribution in [3.63, 3.8) is 0 Å². The van der Waals surface area contributed by atoms with Crippen molar-refractivity contribution >= 4 is 12.1 Å². The molecule has 2 atom stereocenters. The van der Waals surface area contributed by atoms with Crippen molar-refractivity contribution in [2.45, 2.75) is 78.4 Å². The Morgan fingerprint density at radius 1 is 1.26 bits per heavy atom. The number of aliphatic hydroxyl groups excluding tert-OH is 1. The minimum Gasteiger partial charge on any atom is -0.508 e. The van der Waals surface area contributed by atoms with Crippen LogP contribution in [0.4, 0.5) is 4.79 Å². The van der Waals surface area contributed by atoms with Gasteiger partial charge in [0.2, 0.25) is 0 Å². The number of allylic oxidation sites excluding steroid dienone is 4. The Kier molecular flexibility index (Phi) is 7.90. The number of amides is 1. The lowest BCUT2D eigenvalue weighted by Crippen LogP contribution is -2.46. The number of aryl methyl sites for hydroxylation is 1. The maximum Gasteiger partial charge on any atom is 0.415 e. The van der Waals surface area contributed by atoms with E-state index in [0.29, 0.717) is 19.4 Å². The van der Waals surface area contributed by atoms with Gasteiger partial charge in [0.05, 0.1) is 0 Å². The lowest BCUT2D eigenvalue weighted by molar-refractivity contribution is -0.171. The Balaban J connectivity index is 1.91. The quantitative estimate of drug-likeness (QED) is 0.474. The van der Waals surface area contributed by atoms with Gasteiger partial charge < -0.3 is 14.6 Å². The molecule has 6 heteroatoms. The highest BCUT2D eigenvalue weighted by Gasteiger charge is 2.46. The second-order valence-corrected chi connectivity index (χ2v) is 10.2. The van der Waals surface area contributed by atoms with Crippen molar-refractivity contribution in [2.24, 2.45) is 5.41 Å². The van der Waals surface area contributed by atoms with E-state index in [2.05, 4.69) is 0 Å². The summed E-state index contributed by atoms with van der Waals surface area (Å²) in [4.78, 5) is 27.9. The molecule has 1 N–H and O–H groups in total. The van der Waals surface area contributed by atoms with Gasteiger partial charge in [0.15, 0.2) is 5.60 Å². The van der Waals surface area contributed by atoms with Crippen LogP contribution in [0.25, 0.3) is 0 Å². The van der Waals surface area contributed by atoms with E-state index in [-0.39, 0.29) is 11.2 Å². The number of aliphatic hydroxyl groups is 1. The summed E-state index contributed by atoms with van der Waals surface area (Å²) >= 11 is 0. The van der Waals surface area contributed by atoms with Crippen molar-refractivity contribution in [1.29, 1.82) is 0 Å². The molecule has 6 nitrogen and oxygen atoms in total. The Morgan fingerprint density at radius 2 is 2.00 bits per heavy atom. The van der Waals surface area contributed by atoms with E-state index in [1.165, 1.54) is 0 Å². The molecule has 0 bridgehead atoms. The molecule has 2 unspecified atom stereocenters. The van der Waals surface area contributed by atoms with Crippen LogP contribution in [-0.4, -0.2) is 34.7 Å². The Hall–Kier alpha value is -3.02. The molecule has 0 spiro atoms. The largest absolute Gasteiger partial charge is 0.508 e. The van der Waals surface area contributed by atoms with Crippen molar-refractivity contribution in [3.8, 4) is 0 Å². The van der Waals surface area contributed by atoms with Crippen LogP contribution in [0, 0.1) is 5.41 Å². The first kappa shape index (κ1) is 25.6. The zero-order valence-electron chi connectivity index (χ0n) is 21.0. The number of rotatable bonds is 7. The molecule has 34 heavy (non-hydrogen) atoms. The summed E-state index contributed by atoms with van der Waals surface area (Å²) in [5.74, 6) is -1.06. The van der Waals surface area contributed by atoms with Gasteiger partial charge in [-0.25, -0.2) is 9.59 Å². The minimum atomic E-state index is -1.49. The predicted octanol–water partition coefficient (Wildman–Crippen LogP) is 6.33. The van der Waals surface area contributed by atoms with Crippen LogP contribution in [0.5, 0.6) is 0 Å². The first-order valence-corrected chi connectivity index (χ1v) is 12.2. The minimum absolute atomic E-state index is 0.188. The molecule has 0 aromatic heterocycles. The van der Waals surface area contributed by atoms with Crippen molar-refractivity contribution in [1.82, 2.24) is 4.90 Å². The van der Waals surface area contributed by atoms with Gasteiger partial charge >= 0.3 is 12.1 Å². The summed E-state index contributed by atoms with van der Waals surface area (Å²) in [6, 6.07) is 7.76. The summed E-state index contributed by atoms with van der Waals surface area (Å²) in [5.41, 5.74) is 1.43. The third-order valence-electron chi connectivity index (χ3n) is 6.03. The molecule has 1 aromatic rings. The summed E-state index contributed by atoms with van der Waals surface area (Å²) in [6.45, 7) is 10.5. The van der Waals surface area contributed by atoms with Crippen LogP contribution >= 0.6 is 0 Å². The molecule has 0 radical (unpaired) electrons. The number of nitrogens with zero attached hydrogens (tertiary/aromatic N) is 1. The summed E-state index contributed by atoms with van der Waals surface area (Å²) in [5, 5.41) is 10.9. The van der Waals surface area contributed by atoms with E-state index in [1.54, 1.807) is 11.0 Å². The molecule has 1 aliphatic heterocycles. The van der Waals surface area contributed by atoms with Crippen molar-refractivity contribution < 1.29 is 24.2 Å². The van der Waals surface area contributed by atoms with E-state index >= 15 is 0 Å². The van der Waals surface area contributed by atoms with Crippen molar-refractivity contribution in [2.75, 3.05) is 6.54 Å². The fourth-order valence-electron chi connectivity index (χ4n) is 4.55. The maximum atomic E-state index is 13.2. The van der Waals surface area contributed by atoms with Crippen LogP contribution < -0.4 is 0 Å². The van der Waals surface area contributed by atoms with E-state index in [1.807, 2.05) is 77.1 Å². The van der Waals surface area contributed by atoms with Crippen LogP contribution in [-0.2, 0) is 26.3 Å². The number of benzene rings is 1. The molecular weight excluding hydrogens is 430 g/mol. The van der Waals surface area contributed by atoms with Gasteiger partial charge in [-0.1, -0.05) is 77.5 Å². The molecule has 3 rings (SSSR count). The van der Waals surface area contributed by atoms with Gasteiger partial charge in [0.1, 0.15) is 5.76 Å². The van der Waals surface area contributed by atoms with E-state index in [0.717, 1.165) is 36.1 Å². The van der Waals surface area contributed by atoms with Gasteiger partial charge in [-0.2, -0.15) is 0 Å². The van der Waals surface area contributed by atoms with Crippen LogP contribution in [0.15, 0.2) is 60.0 Å². The van der Waals surface area contributed by atoms with Gasteiger partial charge in [0, 0.05) is 23.9 Å². The predicted molar refractivity (Wildman–Crippen MR) is 132 cm³/mol. The van der Waals surface area contributed by atoms with Crippen LogP contribution in [0.2, 0.25) is 0 Å². The summed E-state index contributed by atoms with van der Waals surface area (Å²) in [7, 11) is 0. The third kappa shape index (κ3) is 5.72. The van der Waals surface area contributed by atoms with E-state index < -0.39 is 23.8 Å². The summed E-state index contributed by atoms with van der Waals surface area (Å²) in [6.07, 6.45) is 8.76. The second kappa shape index (κ2) is 10.5.